The fraction of sp³-hybridized carbons (Fsp3) is 0.385. The summed E-state index contributed by atoms with van der Waals surface area (Å²) >= 11 is 0. The van der Waals surface area contributed by atoms with Crippen molar-refractivity contribution >= 4 is 22.9 Å². The predicted molar refractivity (Wildman–Crippen MR) is 136 cm³/mol. The number of nitrogens with zero attached hydrogens (tertiary/aromatic N) is 7. The van der Waals surface area contributed by atoms with Crippen LogP contribution in [0.2, 0.25) is 0 Å². The smallest absolute Gasteiger partial charge is 0.261 e. The molecule has 2 aliphatic heterocycles. The maximum atomic E-state index is 13.3. The molecule has 1 fully saturated rings. The van der Waals surface area contributed by atoms with Crippen molar-refractivity contribution in [2.45, 2.75) is 32.4 Å². The van der Waals surface area contributed by atoms with Crippen molar-refractivity contribution in [2.75, 3.05) is 36.4 Å². The Morgan fingerprint density at radius 3 is 2.75 bits per heavy atom. The average molecular weight is 487 g/mol. The number of fused-ring (bicyclic) bond motifs is 2. The highest BCUT2D eigenvalue weighted by atomic mass is 16.5. The van der Waals surface area contributed by atoms with E-state index in [1.165, 1.54) is 5.69 Å². The predicted octanol–water partition coefficient (Wildman–Crippen LogP) is 2.75. The number of carbonyl (C=O) groups is 1. The summed E-state index contributed by atoms with van der Waals surface area (Å²) in [4.78, 5) is 22.4. The van der Waals surface area contributed by atoms with Crippen molar-refractivity contribution in [3.05, 3.63) is 65.9 Å². The molecule has 10 heteroatoms. The third-order valence-electron chi connectivity index (χ3n) is 6.97. The Kier molecular flexibility index (Phi) is 5.40. The third kappa shape index (κ3) is 4.17. The Bertz CT molecular complexity index is 1430. The van der Waals surface area contributed by atoms with Gasteiger partial charge in [0.05, 0.1) is 23.3 Å². The zero-order chi connectivity index (χ0) is 24.9. The molecule has 0 atom stereocenters. The molecule has 0 spiro atoms. The first-order chi connectivity index (χ1) is 17.4. The van der Waals surface area contributed by atoms with E-state index in [4.69, 9.17) is 4.74 Å². The molecule has 186 valence electrons. The van der Waals surface area contributed by atoms with Gasteiger partial charge in [-0.3, -0.25) is 14.4 Å². The summed E-state index contributed by atoms with van der Waals surface area (Å²) in [6.45, 7) is 8.58. The monoisotopic (exact) mass is 486 g/mol. The Morgan fingerprint density at radius 2 is 1.97 bits per heavy atom. The van der Waals surface area contributed by atoms with Crippen molar-refractivity contribution in [2.24, 2.45) is 7.05 Å². The van der Waals surface area contributed by atoms with E-state index in [0.717, 1.165) is 61.8 Å². The third-order valence-corrected chi connectivity index (χ3v) is 6.97. The second-order valence-corrected chi connectivity index (χ2v) is 10.1. The van der Waals surface area contributed by atoms with Gasteiger partial charge in [-0.1, -0.05) is 0 Å². The van der Waals surface area contributed by atoms with Crippen molar-refractivity contribution in [3.63, 3.8) is 0 Å². The number of amides is 1. The van der Waals surface area contributed by atoms with Crippen molar-refractivity contribution in [1.29, 1.82) is 0 Å². The van der Waals surface area contributed by atoms with E-state index in [1.54, 1.807) is 29.2 Å². The number of hydrogen-bond donors (Lipinski definition) is 1. The lowest BCUT2D eigenvalue weighted by Crippen LogP contribution is -2.46. The van der Waals surface area contributed by atoms with Gasteiger partial charge in [-0.25, -0.2) is 9.50 Å². The number of benzene rings is 1. The van der Waals surface area contributed by atoms with Gasteiger partial charge in [-0.15, -0.1) is 0 Å². The van der Waals surface area contributed by atoms with Gasteiger partial charge in [0.2, 0.25) is 0 Å². The largest absolute Gasteiger partial charge is 0.487 e. The van der Waals surface area contributed by atoms with Crippen LogP contribution in [0, 0.1) is 0 Å². The number of aromatic nitrogens is 5. The minimum atomic E-state index is -0.267. The summed E-state index contributed by atoms with van der Waals surface area (Å²) < 4.78 is 9.77. The molecular formula is C26H30N8O2. The van der Waals surface area contributed by atoms with E-state index >= 15 is 0 Å². The van der Waals surface area contributed by atoms with Gasteiger partial charge < -0.3 is 15.0 Å². The summed E-state index contributed by atoms with van der Waals surface area (Å²) in [6, 6.07) is 8.01. The fourth-order valence-electron chi connectivity index (χ4n) is 5.11. The minimum Gasteiger partial charge on any atom is -0.487 e. The van der Waals surface area contributed by atoms with Crippen LogP contribution in [0.5, 0.6) is 5.75 Å². The number of anilines is 2. The summed E-state index contributed by atoms with van der Waals surface area (Å²) in [5, 5.41) is 11.7. The Balaban J connectivity index is 1.26. The summed E-state index contributed by atoms with van der Waals surface area (Å²) in [5.41, 5.74) is 4.78. The van der Waals surface area contributed by atoms with Gasteiger partial charge in [-0.05, 0) is 32.0 Å². The van der Waals surface area contributed by atoms with E-state index in [-0.39, 0.29) is 11.5 Å². The molecule has 36 heavy (non-hydrogen) atoms. The highest BCUT2D eigenvalue weighted by molar-refractivity contribution is 6.09. The van der Waals surface area contributed by atoms with Crippen LogP contribution in [-0.4, -0.2) is 67.0 Å². The summed E-state index contributed by atoms with van der Waals surface area (Å²) in [6.07, 6.45) is 7.64. The molecule has 4 aromatic rings. The van der Waals surface area contributed by atoms with Crippen LogP contribution in [0.4, 0.5) is 11.4 Å². The van der Waals surface area contributed by atoms with Gasteiger partial charge >= 0.3 is 0 Å². The van der Waals surface area contributed by atoms with Crippen LogP contribution in [0.3, 0.4) is 0 Å². The Morgan fingerprint density at radius 1 is 1.14 bits per heavy atom. The quantitative estimate of drug-likeness (QED) is 0.464. The first-order valence-corrected chi connectivity index (χ1v) is 12.3. The molecule has 1 amide bonds. The van der Waals surface area contributed by atoms with Crippen LogP contribution in [-0.2, 0) is 20.0 Å². The van der Waals surface area contributed by atoms with Gasteiger partial charge in [0.15, 0.2) is 5.65 Å². The molecule has 3 aromatic heterocycles. The SMILES string of the molecule is Cn1nccc1CN1CCN(c2cc3c(cc2NC(=O)c2cnn4cccnc24)CC(C)(C)O3)CC1. The number of piperazine rings is 1. The molecule has 2 aliphatic rings. The normalized spacial score (nSPS) is 17.2. The molecule has 0 saturated carbocycles. The average Bonchev–Trinajstić information content (AvgIpc) is 3.54. The molecule has 1 N–H and O–H groups in total. The molecule has 5 heterocycles. The van der Waals surface area contributed by atoms with Gasteiger partial charge in [0, 0.05) is 76.4 Å². The molecule has 1 saturated heterocycles. The molecule has 1 aromatic carbocycles. The highest BCUT2D eigenvalue weighted by Gasteiger charge is 2.32. The zero-order valence-corrected chi connectivity index (χ0v) is 20.8. The van der Waals surface area contributed by atoms with Crippen LogP contribution in [0.15, 0.2) is 49.1 Å². The molecule has 0 bridgehead atoms. The van der Waals surface area contributed by atoms with E-state index in [1.807, 2.05) is 17.9 Å². The van der Waals surface area contributed by atoms with Crippen LogP contribution in [0.1, 0.15) is 35.5 Å². The second-order valence-electron chi connectivity index (χ2n) is 10.1. The van der Waals surface area contributed by atoms with Crippen LogP contribution >= 0.6 is 0 Å². The molecule has 0 unspecified atom stereocenters. The summed E-state index contributed by atoms with van der Waals surface area (Å²) in [5.74, 6) is 0.667. The highest BCUT2D eigenvalue weighted by Crippen LogP contribution is 2.42. The van der Waals surface area contributed by atoms with Gasteiger partial charge in [-0.2, -0.15) is 10.2 Å². The fourth-order valence-corrected chi connectivity index (χ4v) is 5.11. The van der Waals surface area contributed by atoms with Crippen molar-refractivity contribution < 1.29 is 9.53 Å². The number of carbonyl (C=O) groups excluding carboxylic acids is 1. The van der Waals surface area contributed by atoms with Gasteiger partial charge in [0.1, 0.15) is 16.9 Å². The van der Waals surface area contributed by atoms with E-state index < -0.39 is 0 Å². The minimum absolute atomic E-state index is 0.224. The molecule has 0 aliphatic carbocycles. The molecule has 10 nitrogen and oxygen atoms in total. The zero-order valence-electron chi connectivity index (χ0n) is 20.8. The van der Waals surface area contributed by atoms with E-state index in [0.29, 0.717) is 11.2 Å². The van der Waals surface area contributed by atoms with E-state index in [2.05, 4.69) is 62.3 Å². The molecule has 6 rings (SSSR count). The molecule has 0 radical (unpaired) electrons. The van der Waals surface area contributed by atoms with Crippen molar-refractivity contribution in [1.82, 2.24) is 29.3 Å². The first kappa shape index (κ1) is 22.5. The lowest BCUT2D eigenvalue weighted by Gasteiger charge is -2.37. The number of hydrogen-bond acceptors (Lipinski definition) is 7. The lowest BCUT2D eigenvalue weighted by atomic mass is 10.0. The first-order valence-electron chi connectivity index (χ1n) is 12.3. The summed E-state index contributed by atoms with van der Waals surface area (Å²) in [7, 11) is 1.98. The Labute approximate surface area is 209 Å². The number of rotatable bonds is 5. The van der Waals surface area contributed by atoms with Crippen LogP contribution in [0.25, 0.3) is 5.65 Å². The standard InChI is InChI=1S/C26H30N8O2/c1-26(2)15-18-13-21(30-25(35)20-16-29-34-8-4-6-27-24(20)34)22(14-23(18)36-26)33-11-9-32(10-12-33)17-19-5-7-28-31(19)3/h4-8,13-14,16H,9-12,15,17H2,1-3H3,(H,30,35). The number of nitrogens with one attached hydrogen (secondary N) is 1. The number of aryl methyl sites for hydroxylation is 1. The maximum Gasteiger partial charge on any atom is 0.261 e. The van der Waals surface area contributed by atoms with Crippen LogP contribution < -0.4 is 15.0 Å². The van der Waals surface area contributed by atoms with Gasteiger partial charge in [0.25, 0.3) is 5.91 Å². The number of ether oxygens (including phenoxy) is 1. The maximum absolute atomic E-state index is 13.3. The Hall–Kier alpha value is -3.92. The topological polar surface area (TPSA) is 92.8 Å². The van der Waals surface area contributed by atoms with E-state index in [9.17, 15) is 4.79 Å². The second kappa shape index (κ2) is 8.63. The lowest BCUT2D eigenvalue weighted by molar-refractivity contribution is 0.102. The molecular weight excluding hydrogens is 456 g/mol. The van der Waals surface area contributed by atoms with Crippen molar-refractivity contribution in [3.8, 4) is 5.75 Å².